The average Bonchev–Trinajstić information content (AvgIpc) is 2.85. The summed E-state index contributed by atoms with van der Waals surface area (Å²) in [5.41, 5.74) is 0. The maximum absolute atomic E-state index is 11.3. The highest BCUT2D eigenvalue weighted by atomic mass is 16.5. The second-order valence-electron chi connectivity index (χ2n) is 5.11. The average molecular weight is 226 g/mol. The quantitative estimate of drug-likeness (QED) is 0.676. The van der Waals surface area contributed by atoms with E-state index in [9.17, 15) is 4.79 Å². The molecule has 0 amide bonds. The SMILES string of the molecule is CCCC[C@H]1O[C@H]2C[C@H](CC(=O)OC)[C@@H]1C2. The third-order valence-electron chi connectivity index (χ3n) is 4.05. The minimum atomic E-state index is -0.0632. The van der Waals surface area contributed by atoms with Gasteiger partial charge in [0.1, 0.15) is 0 Å². The van der Waals surface area contributed by atoms with Gasteiger partial charge in [0.05, 0.1) is 19.3 Å². The normalized spacial score (nSPS) is 36.6. The Kier molecular flexibility index (Phi) is 3.85. The van der Waals surface area contributed by atoms with Gasteiger partial charge in [-0.2, -0.15) is 0 Å². The van der Waals surface area contributed by atoms with Crippen LogP contribution < -0.4 is 0 Å². The molecule has 0 N–H and O–H groups in total. The standard InChI is InChI=1S/C13H22O3/c1-3-4-5-12-11-8-10(16-12)6-9(11)7-13(14)15-2/h9-12H,3-8H2,1-2H3/t9-,10+,11+,12-/m1/s1. The zero-order chi connectivity index (χ0) is 11.5. The van der Waals surface area contributed by atoms with Crippen molar-refractivity contribution < 1.29 is 14.3 Å². The molecule has 16 heavy (non-hydrogen) atoms. The molecule has 1 heterocycles. The second-order valence-corrected chi connectivity index (χ2v) is 5.11. The summed E-state index contributed by atoms with van der Waals surface area (Å²) in [7, 11) is 1.47. The first-order chi connectivity index (χ1) is 7.74. The third-order valence-corrected chi connectivity index (χ3v) is 4.05. The summed E-state index contributed by atoms with van der Waals surface area (Å²) in [6.07, 6.45) is 7.25. The lowest BCUT2D eigenvalue weighted by Gasteiger charge is -2.28. The van der Waals surface area contributed by atoms with E-state index in [2.05, 4.69) is 6.92 Å². The van der Waals surface area contributed by atoms with Gasteiger partial charge in [-0.15, -0.1) is 0 Å². The van der Waals surface area contributed by atoms with Crippen LogP contribution in [-0.2, 0) is 14.3 Å². The van der Waals surface area contributed by atoms with E-state index in [1.807, 2.05) is 0 Å². The lowest BCUT2D eigenvalue weighted by atomic mass is 9.86. The van der Waals surface area contributed by atoms with Crippen LogP contribution in [0.25, 0.3) is 0 Å². The molecule has 1 aliphatic heterocycles. The van der Waals surface area contributed by atoms with Gasteiger partial charge in [0, 0.05) is 6.42 Å². The molecule has 0 spiro atoms. The van der Waals surface area contributed by atoms with Gasteiger partial charge in [0.2, 0.25) is 0 Å². The summed E-state index contributed by atoms with van der Waals surface area (Å²) in [6, 6.07) is 0. The molecule has 2 aliphatic rings. The van der Waals surface area contributed by atoms with Crippen molar-refractivity contribution in [2.75, 3.05) is 7.11 Å². The highest BCUT2D eigenvalue weighted by Crippen LogP contribution is 2.47. The molecular weight excluding hydrogens is 204 g/mol. The molecule has 0 aromatic heterocycles. The van der Waals surface area contributed by atoms with Crippen LogP contribution in [0.2, 0.25) is 0 Å². The zero-order valence-electron chi connectivity index (χ0n) is 10.3. The number of hydrogen-bond donors (Lipinski definition) is 0. The van der Waals surface area contributed by atoms with E-state index in [1.165, 1.54) is 20.0 Å². The van der Waals surface area contributed by atoms with E-state index >= 15 is 0 Å². The van der Waals surface area contributed by atoms with Crippen molar-refractivity contribution >= 4 is 5.97 Å². The largest absolute Gasteiger partial charge is 0.469 e. The van der Waals surface area contributed by atoms with Crippen molar-refractivity contribution in [3.63, 3.8) is 0 Å². The van der Waals surface area contributed by atoms with Crippen LogP contribution in [0.5, 0.6) is 0 Å². The maximum atomic E-state index is 11.3. The number of rotatable bonds is 5. The Hall–Kier alpha value is -0.570. The first-order valence-electron chi connectivity index (χ1n) is 6.46. The van der Waals surface area contributed by atoms with Crippen molar-refractivity contribution in [2.24, 2.45) is 11.8 Å². The summed E-state index contributed by atoms with van der Waals surface area (Å²) in [5, 5.41) is 0. The van der Waals surface area contributed by atoms with Crippen molar-refractivity contribution in [2.45, 2.75) is 57.7 Å². The molecule has 2 bridgehead atoms. The monoisotopic (exact) mass is 226 g/mol. The molecule has 3 heteroatoms. The molecule has 0 aromatic rings. The van der Waals surface area contributed by atoms with E-state index < -0.39 is 0 Å². The molecule has 0 radical (unpaired) electrons. The van der Waals surface area contributed by atoms with Crippen LogP contribution in [-0.4, -0.2) is 25.3 Å². The smallest absolute Gasteiger partial charge is 0.305 e. The second kappa shape index (κ2) is 5.17. The zero-order valence-corrected chi connectivity index (χ0v) is 10.3. The Balaban J connectivity index is 1.86. The molecule has 1 aliphatic carbocycles. The molecule has 2 rings (SSSR count). The Morgan fingerprint density at radius 2 is 2.25 bits per heavy atom. The summed E-state index contributed by atoms with van der Waals surface area (Å²) in [5.74, 6) is 1.05. The van der Waals surface area contributed by atoms with Crippen molar-refractivity contribution in [3.8, 4) is 0 Å². The molecule has 2 fully saturated rings. The summed E-state index contributed by atoms with van der Waals surface area (Å²) >= 11 is 0. The summed E-state index contributed by atoms with van der Waals surface area (Å²) in [6.45, 7) is 2.21. The number of hydrogen-bond acceptors (Lipinski definition) is 3. The fourth-order valence-corrected chi connectivity index (χ4v) is 3.24. The van der Waals surface area contributed by atoms with Crippen LogP contribution in [0.1, 0.15) is 45.4 Å². The number of fused-ring (bicyclic) bond motifs is 2. The molecule has 1 saturated carbocycles. The van der Waals surface area contributed by atoms with E-state index in [1.54, 1.807) is 0 Å². The predicted molar refractivity (Wildman–Crippen MR) is 61.0 cm³/mol. The van der Waals surface area contributed by atoms with Crippen molar-refractivity contribution in [1.82, 2.24) is 0 Å². The number of esters is 1. The fourth-order valence-electron chi connectivity index (χ4n) is 3.24. The lowest BCUT2D eigenvalue weighted by molar-refractivity contribution is -0.143. The van der Waals surface area contributed by atoms with Gasteiger partial charge in [-0.05, 0) is 31.1 Å². The minimum absolute atomic E-state index is 0.0632. The van der Waals surface area contributed by atoms with Crippen molar-refractivity contribution in [1.29, 1.82) is 0 Å². The van der Waals surface area contributed by atoms with Crippen LogP contribution >= 0.6 is 0 Å². The van der Waals surface area contributed by atoms with E-state index in [0.717, 1.165) is 19.3 Å². The van der Waals surface area contributed by atoms with Crippen LogP contribution in [0.3, 0.4) is 0 Å². The van der Waals surface area contributed by atoms with Gasteiger partial charge in [-0.3, -0.25) is 4.79 Å². The number of methoxy groups -OCH3 is 1. The summed E-state index contributed by atoms with van der Waals surface area (Å²) < 4.78 is 10.7. The van der Waals surface area contributed by atoms with Crippen molar-refractivity contribution in [3.05, 3.63) is 0 Å². The molecule has 0 aromatic carbocycles. The Bertz CT molecular complexity index is 252. The van der Waals surface area contributed by atoms with Gasteiger partial charge >= 0.3 is 5.97 Å². The number of carbonyl (C=O) groups is 1. The molecule has 4 atom stereocenters. The van der Waals surface area contributed by atoms with Gasteiger partial charge in [0.15, 0.2) is 0 Å². The van der Waals surface area contributed by atoms with Crippen LogP contribution in [0, 0.1) is 11.8 Å². The number of ether oxygens (including phenoxy) is 2. The number of carbonyl (C=O) groups excluding carboxylic acids is 1. The van der Waals surface area contributed by atoms with Gasteiger partial charge in [-0.25, -0.2) is 0 Å². The summed E-state index contributed by atoms with van der Waals surface area (Å²) in [4.78, 5) is 11.3. The van der Waals surface area contributed by atoms with Crippen LogP contribution in [0.15, 0.2) is 0 Å². The van der Waals surface area contributed by atoms with Gasteiger partial charge < -0.3 is 9.47 Å². The Morgan fingerprint density at radius 3 is 2.88 bits per heavy atom. The predicted octanol–water partition coefficient (Wildman–Crippen LogP) is 2.53. The highest BCUT2D eigenvalue weighted by Gasteiger charge is 2.47. The maximum Gasteiger partial charge on any atom is 0.305 e. The molecule has 92 valence electrons. The molecule has 1 saturated heterocycles. The number of unbranched alkanes of at least 4 members (excludes halogenated alkanes) is 1. The van der Waals surface area contributed by atoms with E-state index in [0.29, 0.717) is 30.5 Å². The topological polar surface area (TPSA) is 35.5 Å². The van der Waals surface area contributed by atoms with Gasteiger partial charge in [0.25, 0.3) is 0 Å². The molecule has 0 unspecified atom stereocenters. The first kappa shape index (κ1) is 11.9. The highest BCUT2D eigenvalue weighted by molar-refractivity contribution is 5.69. The Labute approximate surface area is 97.5 Å². The molecule has 3 nitrogen and oxygen atoms in total. The lowest BCUT2D eigenvalue weighted by Crippen LogP contribution is -2.29. The van der Waals surface area contributed by atoms with Crippen LogP contribution in [0.4, 0.5) is 0 Å². The minimum Gasteiger partial charge on any atom is -0.469 e. The third kappa shape index (κ3) is 2.40. The fraction of sp³-hybridized carbons (Fsp3) is 0.923. The van der Waals surface area contributed by atoms with E-state index in [-0.39, 0.29) is 5.97 Å². The van der Waals surface area contributed by atoms with E-state index in [4.69, 9.17) is 9.47 Å². The Morgan fingerprint density at radius 1 is 1.44 bits per heavy atom. The first-order valence-corrected chi connectivity index (χ1v) is 6.46. The molecular formula is C13H22O3. The van der Waals surface area contributed by atoms with Gasteiger partial charge in [-0.1, -0.05) is 19.8 Å².